The van der Waals surface area contributed by atoms with Crippen molar-refractivity contribution in [3.8, 4) is 6.07 Å². The Hall–Kier alpha value is -2.98. The van der Waals surface area contributed by atoms with Gasteiger partial charge in [-0.1, -0.05) is 23.8 Å². The van der Waals surface area contributed by atoms with Gasteiger partial charge in [-0.3, -0.25) is 4.79 Å². The first-order valence-corrected chi connectivity index (χ1v) is 11.1. The average molecular weight is 421 g/mol. The van der Waals surface area contributed by atoms with Gasteiger partial charge in [0, 0.05) is 36.6 Å². The van der Waals surface area contributed by atoms with Gasteiger partial charge in [-0.25, -0.2) is 4.79 Å². The van der Waals surface area contributed by atoms with Crippen LogP contribution in [0.1, 0.15) is 34.3 Å². The van der Waals surface area contributed by atoms with Crippen LogP contribution in [-0.2, 0) is 0 Å². The van der Waals surface area contributed by atoms with E-state index in [9.17, 15) is 9.59 Å². The number of hydrogen-bond acceptors (Lipinski definition) is 4. The summed E-state index contributed by atoms with van der Waals surface area (Å²) in [7, 11) is 0. The lowest BCUT2D eigenvalue weighted by atomic mass is 10.0. The van der Waals surface area contributed by atoms with Crippen LogP contribution in [0.15, 0.2) is 48.5 Å². The third-order valence-corrected chi connectivity index (χ3v) is 7.35. The number of nitriles is 1. The molecule has 2 saturated heterocycles. The number of piperidine rings is 1. The molecular weight excluding hydrogens is 396 g/mol. The SMILES string of the molecule is Cc1ccc(C(=O)N2CCSC23CCN(C(=O)Nc2cccc(C#N)c2)CC3)cc1. The lowest BCUT2D eigenvalue weighted by Gasteiger charge is -2.44. The summed E-state index contributed by atoms with van der Waals surface area (Å²) in [5.41, 5.74) is 2.99. The molecule has 2 aromatic carbocycles. The van der Waals surface area contributed by atoms with Gasteiger partial charge in [0.2, 0.25) is 0 Å². The summed E-state index contributed by atoms with van der Waals surface area (Å²) in [6, 6.07) is 16.5. The number of urea groups is 1. The van der Waals surface area contributed by atoms with Crippen molar-refractivity contribution in [1.29, 1.82) is 5.26 Å². The fraction of sp³-hybridized carbons (Fsp3) is 0.348. The van der Waals surface area contributed by atoms with Crippen molar-refractivity contribution in [3.05, 3.63) is 65.2 Å². The van der Waals surface area contributed by atoms with Crippen LogP contribution in [0.3, 0.4) is 0 Å². The van der Waals surface area contributed by atoms with Gasteiger partial charge in [-0.15, -0.1) is 11.8 Å². The Morgan fingerprint density at radius 1 is 1.10 bits per heavy atom. The van der Waals surface area contributed by atoms with E-state index in [4.69, 9.17) is 5.26 Å². The van der Waals surface area contributed by atoms with Crippen LogP contribution in [0, 0.1) is 18.3 Å². The maximum Gasteiger partial charge on any atom is 0.321 e. The van der Waals surface area contributed by atoms with Crippen LogP contribution < -0.4 is 5.32 Å². The van der Waals surface area contributed by atoms with Gasteiger partial charge in [0.15, 0.2) is 0 Å². The molecule has 0 radical (unpaired) electrons. The van der Waals surface area contributed by atoms with Gasteiger partial charge >= 0.3 is 6.03 Å². The number of anilines is 1. The summed E-state index contributed by atoms with van der Waals surface area (Å²) in [5, 5.41) is 11.9. The minimum atomic E-state index is -0.237. The Balaban J connectivity index is 1.41. The number of likely N-dealkylation sites (tertiary alicyclic amines) is 1. The first-order chi connectivity index (χ1) is 14.5. The standard InChI is InChI=1S/C23H24N4O2S/c1-17-5-7-19(8-6-17)21(28)27-13-14-30-23(27)9-11-26(12-10-23)22(29)25-20-4-2-3-18(15-20)16-24/h2-8,15H,9-14H2,1H3,(H,25,29). The van der Waals surface area contributed by atoms with Gasteiger partial charge < -0.3 is 15.1 Å². The molecular formula is C23H24N4O2S. The molecule has 0 aliphatic carbocycles. The van der Waals surface area contributed by atoms with Crippen LogP contribution in [0.5, 0.6) is 0 Å². The van der Waals surface area contributed by atoms with Gasteiger partial charge in [-0.05, 0) is 50.1 Å². The second kappa shape index (κ2) is 8.41. The third-order valence-electron chi connectivity index (χ3n) is 5.80. The zero-order chi connectivity index (χ0) is 21.1. The normalized spacial score (nSPS) is 17.6. The Morgan fingerprint density at radius 3 is 2.53 bits per heavy atom. The fourth-order valence-electron chi connectivity index (χ4n) is 4.09. The number of nitrogens with one attached hydrogen (secondary N) is 1. The molecule has 0 aromatic heterocycles. The zero-order valence-corrected chi connectivity index (χ0v) is 17.7. The van der Waals surface area contributed by atoms with Gasteiger partial charge in [0.1, 0.15) is 0 Å². The summed E-state index contributed by atoms with van der Waals surface area (Å²) in [4.78, 5) is 29.4. The molecule has 3 amide bonds. The molecule has 2 aromatic rings. The van der Waals surface area contributed by atoms with E-state index < -0.39 is 0 Å². The molecule has 7 heteroatoms. The number of carbonyl (C=O) groups excluding carboxylic acids is 2. The summed E-state index contributed by atoms with van der Waals surface area (Å²) >= 11 is 1.83. The average Bonchev–Trinajstić information content (AvgIpc) is 3.17. The number of amides is 3. The molecule has 2 aliphatic rings. The van der Waals surface area contributed by atoms with Crippen molar-refractivity contribution >= 4 is 29.4 Å². The van der Waals surface area contributed by atoms with E-state index in [1.165, 1.54) is 0 Å². The van der Waals surface area contributed by atoms with Gasteiger partial charge in [0.05, 0.1) is 16.5 Å². The van der Waals surface area contributed by atoms with E-state index in [2.05, 4.69) is 11.4 Å². The smallest absolute Gasteiger partial charge is 0.321 e. The maximum atomic E-state index is 13.1. The van der Waals surface area contributed by atoms with E-state index in [0.29, 0.717) is 24.3 Å². The molecule has 1 N–H and O–H groups in total. The van der Waals surface area contributed by atoms with E-state index in [-0.39, 0.29) is 16.8 Å². The Kier molecular flexibility index (Phi) is 5.69. The molecule has 0 bridgehead atoms. The fourth-order valence-corrected chi connectivity index (χ4v) is 5.54. The Labute approximate surface area is 180 Å². The number of carbonyl (C=O) groups is 2. The van der Waals surface area contributed by atoms with Crippen LogP contribution >= 0.6 is 11.8 Å². The number of rotatable bonds is 2. The number of aryl methyl sites for hydroxylation is 1. The Morgan fingerprint density at radius 2 is 1.83 bits per heavy atom. The quantitative estimate of drug-likeness (QED) is 0.794. The highest BCUT2D eigenvalue weighted by atomic mass is 32.2. The lowest BCUT2D eigenvalue weighted by Crippen LogP contribution is -2.54. The van der Waals surface area contributed by atoms with Crippen LogP contribution in [0.4, 0.5) is 10.5 Å². The van der Waals surface area contributed by atoms with Crippen LogP contribution in [0.2, 0.25) is 0 Å². The molecule has 2 aliphatic heterocycles. The van der Waals surface area contributed by atoms with Crippen LogP contribution in [-0.4, -0.2) is 52.0 Å². The van der Waals surface area contributed by atoms with Crippen molar-refractivity contribution < 1.29 is 9.59 Å². The van der Waals surface area contributed by atoms with Crippen molar-refractivity contribution in [2.45, 2.75) is 24.6 Å². The first kappa shape index (κ1) is 20.3. The molecule has 0 atom stereocenters. The van der Waals surface area contributed by atoms with E-state index >= 15 is 0 Å². The predicted octanol–water partition coefficient (Wildman–Crippen LogP) is 4.08. The summed E-state index contributed by atoms with van der Waals surface area (Å²) in [6.07, 6.45) is 1.50. The monoisotopic (exact) mass is 420 g/mol. The highest BCUT2D eigenvalue weighted by Crippen LogP contribution is 2.44. The molecule has 0 saturated carbocycles. The van der Waals surface area contributed by atoms with Gasteiger partial charge in [-0.2, -0.15) is 5.26 Å². The van der Waals surface area contributed by atoms with Crippen molar-refractivity contribution in [3.63, 3.8) is 0 Å². The second-order valence-corrected chi connectivity index (χ2v) is 9.18. The van der Waals surface area contributed by atoms with Crippen molar-refractivity contribution in [2.75, 3.05) is 30.7 Å². The molecule has 30 heavy (non-hydrogen) atoms. The molecule has 1 spiro atoms. The lowest BCUT2D eigenvalue weighted by molar-refractivity contribution is 0.0585. The van der Waals surface area contributed by atoms with E-state index in [0.717, 1.165) is 36.3 Å². The van der Waals surface area contributed by atoms with Crippen molar-refractivity contribution in [2.24, 2.45) is 0 Å². The molecule has 154 valence electrons. The zero-order valence-electron chi connectivity index (χ0n) is 16.9. The largest absolute Gasteiger partial charge is 0.324 e. The minimum Gasteiger partial charge on any atom is -0.324 e. The third kappa shape index (κ3) is 4.01. The predicted molar refractivity (Wildman–Crippen MR) is 118 cm³/mol. The number of hydrogen-bond donors (Lipinski definition) is 1. The molecule has 6 nitrogen and oxygen atoms in total. The molecule has 0 unspecified atom stereocenters. The number of benzene rings is 2. The summed E-state index contributed by atoms with van der Waals surface area (Å²) < 4.78 is 0. The number of nitrogens with zero attached hydrogens (tertiary/aromatic N) is 3. The van der Waals surface area contributed by atoms with E-state index in [1.54, 1.807) is 29.2 Å². The van der Waals surface area contributed by atoms with Crippen molar-refractivity contribution in [1.82, 2.24) is 9.80 Å². The van der Waals surface area contributed by atoms with E-state index in [1.807, 2.05) is 47.9 Å². The summed E-state index contributed by atoms with van der Waals surface area (Å²) in [5.74, 6) is 0.997. The first-order valence-electron chi connectivity index (χ1n) is 10.1. The Bertz CT molecular complexity index is 991. The number of thioether (sulfide) groups is 1. The highest BCUT2D eigenvalue weighted by molar-refractivity contribution is 8.00. The molecule has 4 rings (SSSR count). The molecule has 2 fully saturated rings. The highest BCUT2D eigenvalue weighted by Gasteiger charge is 2.47. The minimum absolute atomic E-state index is 0.0752. The van der Waals surface area contributed by atoms with Gasteiger partial charge in [0.25, 0.3) is 5.91 Å². The molecule has 2 heterocycles. The topological polar surface area (TPSA) is 76.4 Å². The second-order valence-electron chi connectivity index (χ2n) is 7.73. The summed E-state index contributed by atoms with van der Waals surface area (Å²) in [6.45, 7) is 3.94. The van der Waals surface area contributed by atoms with Crippen LogP contribution in [0.25, 0.3) is 0 Å². The maximum absolute atomic E-state index is 13.1.